The lowest BCUT2D eigenvalue weighted by Crippen LogP contribution is -2.26. The minimum atomic E-state index is -0.218. The standard InChI is InChI=1S/C16H19N3O2S/c17-8-3-4-9-18-16(21)13-5-1-2-6-14(13)19-15(20)12-7-10-22-11-12/h1-2,5-7,10-11H,3-4,8-9,17H2,(H,18,21)(H,19,20). The molecule has 0 saturated carbocycles. The van der Waals surface area contributed by atoms with E-state index in [1.807, 2.05) is 5.38 Å². The Bertz CT molecular complexity index is 626. The second-order valence-electron chi connectivity index (χ2n) is 4.76. The van der Waals surface area contributed by atoms with Crippen LogP contribution in [0.15, 0.2) is 41.1 Å². The average Bonchev–Trinajstić information content (AvgIpc) is 3.06. The fourth-order valence-corrected chi connectivity index (χ4v) is 2.58. The Morgan fingerprint density at radius 1 is 1.09 bits per heavy atom. The third-order valence-corrected chi connectivity index (χ3v) is 3.80. The van der Waals surface area contributed by atoms with E-state index >= 15 is 0 Å². The molecule has 0 aliphatic heterocycles. The lowest BCUT2D eigenvalue weighted by Gasteiger charge is -2.11. The summed E-state index contributed by atoms with van der Waals surface area (Å²) in [7, 11) is 0. The molecular weight excluding hydrogens is 298 g/mol. The van der Waals surface area contributed by atoms with Gasteiger partial charge in [0, 0.05) is 11.9 Å². The molecule has 1 aromatic heterocycles. The predicted octanol–water partition coefficient (Wildman–Crippen LogP) is 2.47. The summed E-state index contributed by atoms with van der Waals surface area (Å²) < 4.78 is 0. The normalized spacial score (nSPS) is 10.2. The van der Waals surface area contributed by atoms with Gasteiger partial charge in [-0.15, -0.1) is 0 Å². The maximum Gasteiger partial charge on any atom is 0.256 e. The highest BCUT2D eigenvalue weighted by atomic mass is 32.1. The number of unbranched alkanes of at least 4 members (excludes halogenated alkanes) is 1. The Morgan fingerprint density at radius 3 is 2.64 bits per heavy atom. The Kier molecular flexibility index (Phi) is 6.12. The molecule has 0 spiro atoms. The molecule has 1 aromatic carbocycles. The molecule has 4 N–H and O–H groups in total. The second-order valence-corrected chi connectivity index (χ2v) is 5.54. The molecule has 2 aromatic rings. The molecule has 0 atom stereocenters. The zero-order valence-corrected chi connectivity index (χ0v) is 13.0. The zero-order chi connectivity index (χ0) is 15.8. The van der Waals surface area contributed by atoms with Crippen molar-refractivity contribution in [2.75, 3.05) is 18.4 Å². The van der Waals surface area contributed by atoms with Gasteiger partial charge in [-0.25, -0.2) is 0 Å². The van der Waals surface area contributed by atoms with Crippen molar-refractivity contribution in [3.63, 3.8) is 0 Å². The van der Waals surface area contributed by atoms with Crippen LogP contribution in [0.3, 0.4) is 0 Å². The van der Waals surface area contributed by atoms with Gasteiger partial charge >= 0.3 is 0 Å². The van der Waals surface area contributed by atoms with E-state index < -0.39 is 0 Å². The molecule has 0 saturated heterocycles. The van der Waals surface area contributed by atoms with Crippen LogP contribution in [0, 0.1) is 0 Å². The number of hydrogen-bond donors (Lipinski definition) is 3. The number of amides is 2. The van der Waals surface area contributed by atoms with Crippen molar-refractivity contribution in [2.24, 2.45) is 5.73 Å². The Morgan fingerprint density at radius 2 is 1.91 bits per heavy atom. The molecule has 22 heavy (non-hydrogen) atoms. The third kappa shape index (κ3) is 4.41. The predicted molar refractivity (Wildman–Crippen MR) is 89.3 cm³/mol. The largest absolute Gasteiger partial charge is 0.352 e. The first kappa shape index (κ1) is 16.2. The van der Waals surface area contributed by atoms with Crippen LogP contribution >= 0.6 is 11.3 Å². The fourth-order valence-electron chi connectivity index (χ4n) is 1.94. The number of nitrogens with one attached hydrogen (secondary N) is 2. The topological polar surface area (TPSA) is 84.2 Å². The molecule has 6 heteroatoms. The molecule has 0 fully saturated rings. The number of anilines is 1. The fraction of sp³-hybridized carbons (Fsp3) is 0.250. The first-order valence-electron chi connectivity index (χ1n) is 7.13. The molecule has 2 amide bonds. The highest BCUT2D eigenvalue weighted by Crippen LogP contribution is 2.17. The number of carbonyl (C=O) groups excluding carboxylic acids is 2. The van der Waals surface area contributed by atoms with Crippen molar-refractivity contribution in [3.8, 4) is 0 Å². The van der Waals surface area contributed by atoms with Gasteiger partial charge in [-0.2, -0.15) is 11.3 Å². The van der Waals surface area contributed by atoms with E-state index in [0.29, 0.717) is 29.9 Å². The Hall–Kier alpha value is -2.18. The number of benzene rings is 1. The summed E-state index contributed by atoms with van der Waals surface area (Å²) in [5, 5.41) is 9.23. The first-order valence-corrected chi connectivity index (χ1v) is 8.07. The van der Waals surface area contributed by atoms with Crippen molar-refractivity contribution in [1.82, 2.24) is 5.32 Å². The highest BCUT2D eigenvalue weighted by molar-refractivity contribution is 7.08. The van der Waals surface area contributed by atoms with Gasteiger partial charge in [0.15, 0.2) is 0 Å². The number of thiophene rings is 1. The van der Waals surface area contributed by atoms with Gasteiger partial charge in [0.2, 0.25) is 0 Å². The lowest BCUT2D eigenvalue weighted by molar-refractivity contribution is 0.0954. The van der Waals surface area contributed by atoms with Crippen LogP contribution in [0.4, 0.5) is 5.69 Å². The van der Waals surface area contributed by atoms with Crippen LogP contribution in [0.5, 0.6) is 0 Å². The van der Waals surface area contributed by atoms with E-state index in [0.717, 1.165) is 12.8 Å². The van der Waals surface area contributed by atoms with E-state index in [2.05, 4.69) is 10.6 Å². The van der Waals surface area contributed by atoms with E-state index in [9.17, 15) is 9.59 Å². The van der Waals surface area contributed by atoms with Gasteiger partial charge in [-0.3, -0.25) is 9.59 Å². The van der Waals surface area contributed by atoms with Crippen LogP contribution in [0.2, 0.25) is 0 Å². The van der Waals surface area contributed by atoms with Crippen molar-refractivity contribution in [2.45, 2.75) is 12.8 Å². The van der Waals surface area contributed by atoms with Crippen LogP contribution in [0.25, 0.3) is 0 Å². The molecule has 0 radical (unpaired) electrons. The second kappa shape index (κ2) is 8.31. The molecule has 5 nitrogen and oxygen atoms in total. The third-order valence-electron chi connectivity index (χ3n) is 3.12. The summed E-state index contributed by atoms with van der Waals surface area (Å²) in [5.41, 5.74) is 6.98. The average molecular weight is 317 g/mol. The van der Waals surface area contributed by atoms with Crippen molar-refractivity contribution >= 4 is 28.8 Å². The molecule has 0 aliphatic rings. The first-order chi connectivity index (χ1) is 10.7. The van der Waals surface area contributed by atoms with Gasteiger partial charge in [0.05, 0.1) is 16.8 Å². The molecular formula is C16H19N3O2S. The molecule has 2 rings (SSSR count). The minimum Gasteiger partial charge on any atom is -0.352 e. The summed E-state index contributed by atoms with van der Waals surface area (Å²) >= 11 is 1.45. The monoisotopic (exact) mass is 317 g/mol. The van der Waals surface area contributed by atoms with Crippen LogP contribution in [-0.4, -0.2) is 24.9 Å². The highest BCUT2D eigenvalue weighted by Gasteiger charge is 2.13. The Labute approximate surface area is 133 Å². The van der Waals surface area contributed by atoms with Gasteiger partial charge in [-0.05, 0) is 43.0 Å². The zero-order valence-electron chi connectivity index (χ0n) is 12.2. The number of hydrogen-bond acceptors (Lipinski definition) is 4. The van der Waals surface area contributed by atoms with E-state index in [1.165, 1.54) is 11.3 Å². The van der Waals surface area contributed by atoms with E-state index in [4.69, 9.17) is 5.73 Å². The summed E-state index contributed by atoms with van der Waals surface area (Å²) in [6.45, 7) is 1.19. The molecule has 0 aliphatic carbocycles. The molecule has 1 heterocycles. The van der Waals surface area contributed by atoms with E-state index in [1.54, 1.807) is 35.7 Å². The molecule has 0 unspecified atom stereocenters. The molecule has 0 bridgehead atoms. The van der Waals surface area contributed by atoms with Gasteiger partial charge in [0.25, 0.3) is 11.8 Å². The van der Waals surface area contributed by atoms with Crippen LogP contribution in [0.1, 0.15) is 33.6 Å². The number of para-hydroxylation sites is 1. The maximum atomic E-state index is 12.2. The van der Waals surface area contributed by atoms with Gasteiger partial charge < -0.3 is 16.4 Å². The SMILES string of the molecule is NCCCCNC(=O)c1ccccc1NC(=O)c1ccsc1. The molecule has 116 valence electrons. The quantitative estimate of drug-likeness (QED) is 0.686. The minimum absolute atomic E-state index is 0.196. The summed E-state index contributed by atoms with van der Waals surface area (Å²) in [4.78, 5) is 24.3. The number of rotatable bonds is 7. The van der Waals surface area contributed by atoms with Crippen LogP contribution in [-0.2, 0) is 0 Å². The lowest BCUT2D eigenvalue weighted by atomic mass is 10.1. The van der Waals surface area contributed by atoms with Crippen molar-refractivity contribution < 1.29 is 9.59 Å². The van der Waals surface area contributed by atoms with Gasteiger partial charge in [0.1, 0.15) is 0 Å². The number of carbonyl (C=O) groups is 2. The Balaban J connectivity index is 2.03. The summed E-state index contributed by atoms with van der Waals surface area (Å²) in [6, 6.07) is 8.72. The smallest absolute Gasteiger partial charge is 0.256 e. The maximum absolute atomic E-state index is 12.2. The van der Waals surface area contributed by atoms with Crippen LogP contribution < -0.4 is 16.4 Å². The number of nitrogens with two attached hydrogens (primary N) is 1. The van der Waals surface area contributed by atoms with Crippen molar-refractivity contribution in [3.05, 3.63) is 52.2 Å². The summed E-state index contributed by atoms with van der Waals surface area (Å²) in [6.07, 6.45) is 1.71. The van der Waals surface area contributed by atoms with Gasteiger partial charge in [-0.1, -0.05) is 12.1 Å². The van der Waals surface area contributed by atoms with Crippen molar-refractivity contribution in [1.29, 1.82) is 0 Å². The van der Waals surface area contributed by atoms with E-state index in [-0.39, 0.29) is 11.8 Å². The summed E-state index contributed by atoms with van der Waals surface area (Å²) in [5.74, 6) is -0.414.